The molecule has 0 radical (unpaired) electrons. The predicted octanol–water partition coefficient (Wildman–Crippen LogP) is 0.0320. The van der Waals surface area contributed by atoms with Crippen molar-refractivity contribution < 1.29 is 12.8 Å². The smallest absolute Gasteiger partial charge is 0.250 e. The lowest BCUT2D eigenvalue weighted by atomic mass is 10.4. The summed E-state index contributed by atoms with van der Waals surface area (Å²) in [5.74, 6) is -0.728. The van der Waals surface area contributed by atoms with Gasteiger partial charge < -0.3 is 4.57 Å². The standard InChI is InChI=1S/C8H10FNO3S/c1-14(12,13)5-4-10-6-7(9)2-3-8(10)11/h2-3,6H,4-5H2,1H3. The molecule has 0 N–H and O–H groups in total. The maximum Gasteiger partial charge on any atom is 0.250 e. The molecule has 78 valence electrons. The molecule has 0 unspecified atom stereocenters. The van der Waals surface area contributed by atoms with E-state index in [1.165, 1.54) is 0 Å². The van der Waals surface area contributed by atoms with Crippen LogP contribution in [0.15, 0.2) is 23.1 Å². The maximum absolute atomic E-state index is 12.7. The summed E-state index contributed by atoms with van der Waals surface area (Å²) >= 11 is 0. The molecule has 0 aliphatic heterocycles. The van der Waals surface area contributed by atoms with Crippen LogP contribution in [0.5, 0.6) is 0 Å². The van der Waals surface area contributed by atoms with Crippen LogP contribution >= 0.6 is 0 Å². The van der Waals surface area contributed by atoms with Crippen molar-refractivity contribution in [2.75, 3.05) is 12.0 Å². The average molecular weight is 219 g/mol. The molecule has 14 heavy (non-hydrogen) atoms. The summed E-state index contributed by atoms with van der Waals surface area (Å²) in [5, 5.41) is 0. The second-order valence-corrected chi connectivity index (χ2v) is 5.27. The van der Waals surface area contributed by atoms with E-state index in [0.717, 1.165) is 29.2 Å². The molecule has 0 fully saturated rings. The van der Waals surface area contributed by atoms with E-state index in [9.17, 15) is 17.6 Å². The van der Waals surface area contributed by atoms with Gasteiger partial charge in [-0.1, -0.05) is 0 Å². The first-order chi connectivity index (χ1) is 6.38. The highest BCUT2D eigenvalue weighted by Crippen LogP contribution is 1.93. The molecule has 0 atom stereocenters. The van der Waals surface area contributed by atoms with Gasteiger partial charge in [-0.05, 0) is 6.07 Å². The molecule has 0 saturated carbocycles. The largest absolute Gasteiger partial charge is 0.312 e. The van der Waals surface area contributed by atoms with Crippen LogP contribution in [0.3, 0.4) is 0 Å². The van der Waals surface area contributed by atoms with Crippen molar-refractivity contribution in [2.24, 2.45) is 0 Å². The lowest BCUT2D eigenvalue weighted by Gasteiger charge is -2.03. The second-order valence-electron chi connectivity index (χ2n) is 3.01. The summed E-state index contributed by atoms with van der Waals surface area (Å²) in [4.78, 5) is 11.1. The van der Waals surface area contributed by atoms with E-state index in [0.29, 0.717) is 0 Å². The Morgan fingerprint density at radius 2 is 2.07 bits per heavy atom. The Bertz CT molecular complexity index is 478. The Balaban J connectivity index is 2.87. The monoisotopic (exact) mass is 219 g/mol. The third kappa shape index (κ3) is 3.29. The normalized spacial score (nSPS) is 11.6. The average Bonchev–Trinajstić information content (AvgIpc) is 2.05. The number of rotatable bonds is 3. The summed E-state index contributed by atoms with van der Waals surface area (Å²) < 4.78 is 35.3. The van der Waals surface area contributed by atoms with Crippen molar-refractivity contribution in [3.05, 3.63) is 34.5 Å². The van der Waals surface area contributed by atoms with Crippen molar-refractivity contribution in [1.82, 2.24) is 4.57 Å². The van der Waals surface area contributed by atoms with Gasteiger partial charge in [0.2, 0.25) is 0 Å². The zero-order valence-corrected chi connectivity index (χ0v) is 8.42. The molecule has 1 rings (SSSR count). The van der Waals surface area contributed by atoms with Gasteiger partial charge in [-0.3, -0.25) is 4.79 Å². The topological polar surface area (TPSA) is 56.1 Å². The molecular weight excluding hydrogens is 209 g/mol. The SMILES string of the molecule is CS(=O)(=O)CCn1cc(F)ccc1=O. The Labute approximate surface area is 80.9 Å². The van der Waals surface area contributed by atoms with Crippen LogP contribution in [0.25, 0.3) is 0 Å². The molecule has 6 heteroatoms. The third-order valence-corrected chi connectivity index (χ3v) is 2.57. The number of sulfone groups is 1. The van der Waals surface area contributed by atoms with Crippen molar-refractivity contribution >= 4 is 9.84 Å². The summed E-state index contributed by atoms with van der Waals surface area (Å²) in [7, 11) is -3.13. The molecule has 0 aliphatic carbocycles. The Morgan fingerprint density at radius 3 is 2.64 bits per heavy atom. The Kier molecular flexibility index (Phi) is 3.05. The van der Waals surface area contributed by atoms with Crippen molar-refractivity contribution in [3.8, 4) is 0 Å². The minimum Gasteiger partial charge on any atom is -0.312 e. The Hall–Kier alpha value is -1.17. The quantitative estimate of drug-likeness (QED) is 0.720. The number of aryl methyl sites for hydroxylation is 1. The van der Waals surface area contributed by atoms with Gasteiger partial charge in [-0.25, -0.2) is 12.8 Å². The van der Waals surface area contributed by atoms with E-state index < -0.39 is 21.2 Å². The minimum absolute atomic E-state index is 0.0184. The molecule has 0 amide bonds. The van der Waals surface area contributed by atoms with E-state index in [-0.39, 0.29) is 12.3 Å². The van der Waals surface area contributed by atoms with Gasteiger partial charge in [0.05, 0.1) is 5.75 Å². The maximum atomic E-state index is 12.7. The first-order valence-electron chi connectivity index (χ1n) is 3.92. The van der Waals surface area contributed by atoms with E-state index in [1.807, 2.05) is 0 Å². The fourth-order valence-corrected chi connectivity index (χ4v) is 1.47. The van der Waals surface area contributed by atoms with Gasteiger partial charge >= 0.3 is 0 Å². The van der Waals surface area contributed by atoms with Gasteiger partial charge in [-0.15, -0.1) is 0 Å². The number of pyridine rings is 1. The first kappa shape index (κ1) is 10.9. The summed E-state index contributed by atoms with van der Waals surface area (Å²) in [6, 6.07) is 2.11. The number of aromatic nitrogens is 1. The highest BCUT2D eigenvalue weighted by Gasteiger charge is 2.04. The fraction of sp³-hybridized carbons (Fsp3) is 0.375. The molecule has 0 spiro atoms. The number of halogens is 1. The van der Waals surface area contributed by atoms with Crippen LogP contribution in [-0.2, 0) is 16.4 Å². The molecule has 4 nitrogen and oxygen atoms in total. The van der Waals surface area contributed by atoms with Crippen LogP contribution < -0.4 is 5.56 Å². The number of nitrogens with zero attached hydrogens (tertiary/aromatic N) is 1. The minimum atomic E-state index is -3.13. The molecule has 1 heterocycles. The van der Waals surface area contributed by atoms with E-state index >= 15 is 0 Å². The van der Waals surface area contributed by atoms with Crippen molar-refractivity contribution in [1.29, 1.82) is 0 Å². The summed E-state index contributed by atoms with van der Waals surface area (Å²) in [6.45, 7) is -0.0184. The molecule has 0 aliphatic rings. The van der Waals surface area contributed by atoms with Gasteiger partial charge in [-0.2, -0.15) is 0 Å². The van der Waals surface area contributed by atoms with E-state index in [1.54, 1.807) is 0 Å². The predicted molar refractivity (Wildman–Crippen MR) is 50.4 cm³/mol. The second kappa shape index (κ2) is 3.91. The number of hydrogen-bond donors (Lipinski definition) is 0. The van der Waals surface area contributed by atoms with Crippen LogP contribution in [0, 0.1) is 5.82 Å². The zero-order valence-electron chi connectivity index (χ0n) is 7.60. The molecular formula is C8H10FNO3S. The van der Waals surface area contributed by atoms with Gasteiger partial charge in [0.1, 0.15) is 15.7 Å². The molecule has 1 aromatic rings. The molecule has 0 bridgehead atoms. The lowest BCUT2D eigenvalue weighted by Crippen LogP contribution is -2.22. The van der Waals surface area contributed by atoms with Crippen LogP contribution in [0.1, 0.15) is 0 Å². The van der Waals surface area contributed by atoms with E-state index in [2.05, 4.69) is 0 Å². The highest BCUT2D eigenvalue weighted by atomic mass is 32.2. The van der Waals surface area contributed by atoms with Gasteiger partial charge in [0.25, 0.3) is 5.56 Å². The van der Waals surface area contributed by atoms with Crippen LogP contribution in [0.2, 0.25) is 0 Å². The lowest BCUT2D eigenvalue weighted by molar-refractivity contribution is 0.576. The molecule has 0 saturated heterocycles. The zero-order chi connectivity index (χ0) is 10.8. The fourth-order valence-electron chi connectivity index (χ4n) is 0.941. The van der Waals surface area contributed by atoms with E-state index in [4.69, 9.17) is 0 Å². The van der Waals surface area contributed by atoms with Crippen molar-refractivity contribution in [3.63, 3.8) is 0 Å². The number of hydrogen-bond acceptors (Lipinski definition) is 3. The molecule has 0 aromatic carbocycles. The highest BCUT2D eigenvalue weighted by molar-refractivity contribution is 7.90. The summed E-state index contributed by atoms with van der Waals surface area (Å²) in [5.41, 5.74) is -0.407. The summed E-state index contributed by atoms with van der Waals surface area (Å²) in [6.07, 6.45) is 2.06. The first-order valence-corrected chi connectivity index (χ1v) is 5.98. The third-order valence-electron chi connectivity index (χ3n) is 1.65. The van der Waals surface area contributed by atoms with Crippen molar-refractivity contribution in [2.45, 2.75) is 6.54 Å². The van der Waals surface area contributed by atoms with Gasteiger partial charge in [0.15, 0.2) is 0 Å². The Morgan fingerprint density at radius 1 is 1.43 bits per heavy atom. The molecule has 1 aromatic heterocycles. The van der Waals surface area contributed by atoms with Gasteiger partial charge in [0, 0.05) is 25.1 Å². The van der Waals surface area contributed by atoms with Crippen LogP contribution in [-0.4, -0.2) is 25.0 Å². The van der Waals surface area contributed by atoms with Crippen LogP contribution in [0.4, 0.5) is 4.39 Å².